The zero-order chi connectivity index (χ0) is 25.0. The molecular weight excluding hydrogens is 508 g/mol. The maximum atomic E-state index is 13.6. The van der Waals surface area contributed by atoms with Crippen LogP contribution < -0.4 is 9.80 Å². The molecule has 186 valence electrons. The molecule has 1 fully saturated rings. The van der Waals surface area contributed by atoms with Crippen LogP contribution in [0.5, 0.6) is 0 Å². The fraction of sp³-hybridized carbons (Fsp3) is 0.429. The van der Waals surface area contributed by atoms with Gasteiger partial charge >= 0.3 is 0 Å². The van der Waals surface area contributed by atoms with Gasteiger partial charge in [0.1, 0.15) is 0 Å². The summed E-state index contributed by atoms with van der Waals surface area (Å²) >= 11 is 3.47. The number of aliphatic hydroxyl groups is 2. The molecule has 0 radical (unpaired) electrons. The number of benzene rings is 2. The first-order chi connectivity index (χ1) is 16.9. The molecule has 2 aromatic carbocycles. The molecule has 0 unspecified atom stereocenters. The third-order valence-corrected chi connectivity index (χ3v) is 7.52. The molecule has 0 spiro atoms. The number of nitrogens with zero attached hydrogens (tertiary/aromatic N) is 2. The van der Waals surface area contributed by atoms with Gasteiger partial charge in [-0.2, -0.15) is 0 Å². The number of amides is 2. The first-order valence-corrected chi connectivity index (χ1v) is 13.2. The fourth-order valence-corrected chi connectivity index (χ4v) is 5.35. The van der Waals surface area contributed by atoms with Crippen molar-refractivity contribution < 1.29 is 19.8 Å². The van der Waals surface area contributed by atoms with E-state index in [1.807, 2.05) is 48.2 Å². The molecule has 35 heavy (non-hydrogen) atoms. The third kappa shape index (κ3) is 5.22. The van der Waals surface area contributed by atoms with E-state index < -0.39 is 11.5 Å². The molecule has 2 N–H and O–H groups in total. The lowest BCUT2D eigenvalue weighted by Crippen LogP contribution is -2.44. The van der Waals surface area contributed by atoms with Gasteiger partial charge in [0.15, 0.2) is 5.60 Å². The number of carbonyl (C=O) groups excluding carboxylic acids is 2. The number of carbonyl (C=O) groups is 2. The molecule has 2 amide bonds. The van der Waals surface area contributed by atoms with Crippen LogP contribution in [0, 0.1) is 5.92 Å². The summed E-state index contributed by atoms with van der Waals surface area (Å²) in [5, 5.41) is 20.8. The number of aliphatic hydroxyl groups excluding tert-OH is 1. The van der Waals surface area contributed by atoms with Crippen LogP contribution in [-0.4, -0.2) is 35.2 Å². The van der Waals surface area contributed by atoms with Crippen LogP contribution in [0.1, 0.15) is 56.6 Å². The van der Waals surface area contributed by atoms with Crippen molar-refractivity contribution >= 4 is 39.1 Å². The minimum Gasteiger partial charge on any atom is -0.396 e. The van der Waals surface area contributed by atoms with Crippen LogP contribution in [-0.2, 0) is 21.7 Å². The van der Waals surface area contributed by atoms with E-state index in [2.05, 4.69) is 15.9 Å². The monoisotopic (exact) mass is 540 g/mol. The lowest BCUT2D eigenvalue weighted by atomic mass is 9.83. The van der Waals surface area contributed by atoms with E-state index in [0.717, 1.165) is 48.0 Å². The molecule has 2 aliphatic rings. The highest BCUT2D eigenvalue weighted by molar-refractivity contribution is 9.10. The van der Waals surface area contributed by atoms with Crippen molar-refractivity contribution in [1.82, 2.24) is 0 Å². The predicted molar refractivity (Wildman–Crippen MR) is 141 cm³/mol. The van der Waals surface area contributed by atoms with Crippen molar-refractivity contribution in [3.8, 4) is 0 Å². The van der Waals surface area contributed by atoms with Gasteiger partial charge in [0, 0.05) is 41.2 Å². The van der Waals surface area contributed by atoms with Gasteiger partial charge in [0.05, 0.1) is 12.2 Å². The van der Waals surface area contributed by atoms with Crippen molar-refractivity contribution in [3.63, 3.8) is 0 Å². The SMILES string of the molecule is C[C@@H](/C=C/CCO)[C@]1(O)C(=O)N(Cc2ccc(N3CCCCCCC3=O)cc2)c2ccc(Br)cc21. The smallest absolute Gasteiger partial charge is 0.264 e. The standard InChI is InChI=1S/C28H33BrN2O4/c1-20(8-5-7-17-32)28(35)24-18-22(29)12-15-25(24)31(27(28)34)19-21-10-13-23(14-11-21)30-16-6-3-2-4-9-26(30)33/h5,8,10-15,18,20,32,35H,2-4,6-7,9,16-17,19H2,1H3/b8-5+/t20-,28+/m0/s1. The van der Waals surface area contributed by atoms with Crippen molar-refractivity contribution in [3.05, 3.63) is 70.2 Å². The molecule has 0 bridgehead atoms. The Morgan fingerprint density at radius 3 is 2.57 bits per heavy atom. The summed E-state index contributed by atoms with van der Waals surface area (Å²) in [4.78, 5) is 29.7. The molecule has 1 saturated heterocycles. The van der Waals surface area contributed by atoms with Gasteiger partial charge in [-0.25, -0.2) is 0 Å². The second kappa shape index (κ2) is 11.1. The van der Waals surface area contributed by atoms with Crippen LogP contribution >= 0.6 is 15.9 Å². The summed E-state index contributed by atoms with van der Waals surface area (Å²) in [6, 6.07) is 13.3. The number of halogens is 1. The Morgan fingerprint density at radius 1 is 1.09 bits per heavy atom. The number of hydrogen-bond donors (Lipinski definition) is 2. The largest absolute Gasteiger partial charge is 0.396 e. The second-order valence-corrected chi connectivity index (χ2v) is 10.3. The van der Waals surface area contributed by atoms with Gasteiger partial charge in [-0.3, -0.25) is 9.59 Å². The van der Waals surface area contributed by atoms with Crippen molar-refractivity contribution in [2.45, 2.75) is 57.6 Å². The third-order valence-electron chi connectivity index (χ3n) is 7.02. The molecule has 0 saturated carbocycles. The van der Waals surface area contributed by atoms with E-state index in [1.54, 1.807) is 23.1 Å². The Kier molecular flexibility index (Phi) is 8.09. The van der Waals surface area contributed by atoms with Crippen LogP contribution in [0.3, 0.4) is 0 Å². The Labute approximate surface area is 215 Å². The number of rotatable bonds is 7. The summed E-state index contributed by atoms with van der Waals surface area (Å²) in [5.41, 5.74) is 1.37. The van der Waals surface area contributed by atoms with Crippen LogP contribution in [0.15, 0.2) is 59.1 Å². The minimum atomic E-state index is -1.69. The lowest BCUT2D eigenvalue weighted by molar-refractivity contribution is -0.139. The van der Waals surface area contributed by atoms with Crippen LogP contribution in [0.4, 0.5) is 11.4 Å². The quantitative estimate of drug-likeness (QED) is 0.481. The normalized spacial score (nSPS) is 21.8. The Bertz CT molecular complexity index is 1100. The van der Waals surface area contributed by atoms with Gasteiger partial charge in [-0.1, -0.05) is 60.0 Å². The van der Waals surface area contributed by atoms with Crippen molar-refractivity contribution in [2.75, 3.05) is 23.0 Å². The molecule has 2 aromatic rings. The summed E-state index contributed by atoms with van der Waals surface area (Å²) < 4.78 is 0.790. The maximum absolute atomic E-state index is 13.6. The molecular formula is C28H33BrN2O4. The number of fused-ring (bicyclic) bond motifs is 1. The topological polar surface area (TPSA) is 81.1 Å². The predicted octanol–water partition coefficient (Wildman–Crippen LogP) is 5.06. The molecule has 0 aromatic heterocycles. The van der Waals surface area contributed by atoms with Gasteiger partial charge in [0.2, 0.25) is 5.91 Å². The first kappa shape index (κ1) is 25.6. The fourth-order valence-electron chi connectivity index (χ4n) is 4.99. The zero-order valence-corrected chi connectivity index (χ0v) is 21.7. The summed E-state index contributed by atoms with van der Waals surface area (Å²) in [6.07, 6.45) is 8.84. The van der Waals surface area contributed by atoms with Crippen LogP contribution in [0.25, 0.3) is 0 Å². The minimum absolute atomic E-state index is 0.0167. The second-order valence-electron chi connectivity index (χ2n) is 9.42. The Hall–Kier alpha value is -2.48. The lowest BCUT2D eigenvalue weighted by Gasteiger charge is -2.28. The molecule has 2 atom stereocenters. The summed E-state index contributed by atoms with van der Waals surface area (Å²) in [6.45, 7) is 2.88. The highest BCUT2D eigenvalue weighted by Crippen LogP contribution is 2.46. The van der Waals surface area contributed by atoms with E-state index in [1.165, 1.54) is 0 Å². The molecule has 4 rings (SSSR count). The van der Waals surface area contributed by atoms with Crippen molar-refractivity contribution in [1.29, 1.82) is 0 Å². The Morgan fingerprint density at radius 2 is 1.83 bits per heavy atom. The van der Waals surface area contributed by atoms with E-state index in [9.17, 15) is 14.7 Å². The summed E-state index contributed by atoms with van der Waals surface area (Å²) in [7, 11) is 0. The van der Waals surface area contributed by atoms with Crippen LogP contribution in [0.2, 0.25) is 0 Å². The van der Waals surface area contributed by atoms with E-state index in [-0.39, 0.29) is 18.4 Å². The van der Waals surface area contributed by atoms with E-state index in [0.29, 0.717) is 30.6 Å². The zero-order valence-electron chi connectivity index (χ0n) is 20.1. The molecule has 6 nitrogen and oxygen atoms in total. The average Bonchev–Trinajstić information content (AvgIpc) is 3.05. The van der Waals surface area contributed by atoms with E-state index in [4.69, 9.17) is 5.11 Å². The number of hydrogen-bond acceptors (Lipinski definition) is 4. The Balaban J connectivity index is 1.58. The van der Waals surface area contributed by atoms with Crippen molar-refractivity contribution in [2.24, 2.45) is 5.92 Å². The highest BCUT2D eigenvalue weighted by atomic mass is 79.9. The van der Waals surface area contributed by atoms with E-state index >= 15 is 0 Å². The summed E-state index contributed by atoms with van der Waals surface area (Å²) in [5.74, 6) is -0.671. The van der Waals surface area contributed by atoms with Gasteiger partial charge in [0.25, 0.3) is 5.91 Å². The average molecular weight is 541 g/mol. The molecule has 7 heteroatoms. The highest BCUT2D eigenvalue weighted by Gasteiger charge is 2.52. The van der Waals surface area contributed by atoms with Gasteiger partial charge in [-0.15, -0.1) is 0 Å². The van der Waals surface area contributed by atoms with Gasteiger partial charge < -0.3 is 20.0 Å². The molecule has 0 aliphatic carbocycles. The number of anilines is 2. The molecule has 2 aliphatic heterocycles. The maximum Gasteiger partial charge on any atom is 0.264 e. The van der Waals surface area contributed by atoms with Gasteiger partial charge in [-0.05, 0) is 55.2 Å². The molecule has 2 heterocycles. The first-order valence-electron chi connectivity index (χ1n) is 12.4.